The summed E-state index contributed by atoms with van der Waals surface area (Å²) in [5, 5.41) is 13.6. The average molecular weight is 250 g/mol. The summed E-state index contributed by atoms with van der Waals surface area (Å²) in [5.74, 6) is 0.423. The molecule has 0 bridgehead atoms. The van der Waals surface area contributed by atoms with Crippen molar-refractivity contribution in [3.8, 4) is 0 Å². The van der Waals surface area contributed by atoms with E-state index in [4.69, 9.17) is 4.74 Å². The zero-order valence-corrected chi connectivity index (χ0v) is 10.6. The van der Waals surface area contributed by atoms with E-state index in [0.29, 0.717) is 11.5 Å². The number of rotatable bonds is 4. The Morgan fingerprint density at radius 2 is 2.33 bits per heavy atom. The fourth-order valence-electron chi connectivity index (χ4n) is 1.98. The second-order valence-electron chi connectivity index (χ2n) is 4.37. The van der Waals surface area contributed by atoms with E-state index in [2.05, 4.69) is 27.8 Å². The van der Waals surface area contributed by atoms with Gasteiger partial charge in [0.05, 0.1) is 12.1 Å². The van der Waals surface area contributed by atoms with Gasteiger partial charge in [0, 0.05) is 13.7 Å². The Morgan fingerprint density at radius 1 is 1.50 bits per heavy atom. The Kier molecular flexibility index (Phi) is 4.09. The number of aromatic nitrogens is 2. The second kappa shape index (κ2) is 5.77. The van der Waals surface area contributed by atoms with Crippen LogP contribution in [0.4, 0.5) is 5.82 Å². The van der Waals surface area contributed by atoms with Crippen molar-refractivity contribution >= 4 is 11.7 Å². The monoisotopic (exact) mass is 250 g/mol. The first kappa shape index (κ1) is 12.8. The molecule has 0 saturated carbocycles. The lowest BCUT2D eigenvalue weighted by Gasteiger charge is -2.20. The Bertz CT molecular complexity index is 401. The Labute approximate surface area is 106 Å². The van der Waals surface area contributed by atoms with Gasteiger partial charge in [-0.1, -0.05) is 0 Å². The number of ether oxygens (including phenoxy) is 1. The highest BCUT2D eigenvalue weighted by Crippen LogP contribution is 2.17. The third-order valence-corrected chi connectivity index (χ3v) is 3.02. The molecule has 0 aliphatic carbocycles. The maximum absolute atomic E-state index is 11.3. The van der Waals surface area contributed by atoms with Gasteiger partial charge in [0.25, 0.3) is 5.91 Å². The first-order valence-corrected chi connectivity index (χ1v) is 6.14. The maximum Gasteiger partial charge on any atom is 0.271 e. The van der Waals surface area contributed by atoms with Crippen LogP contribution in [0.2, 0.25) is 0 Å². The first-order chi connectivity index (χ1) is 8.70. The number of nitrogens with one attached hydrogen (secondary N) is 2. The van der Waals surface area contributed by atoms with E-state index < -0.39 is 0 Å². The van der Waals surface area contributed by atoms with E-state index >= 15 is 0 Å². The molecule has 18 heavy (non-hydrogen) atoms. The molecule has 98 valence electrons. The van der Waals surface area contributed by atoms with Gasteiger partial charge in [0.1, 0.15) is 5.82 Å². The van der Waals surface area contributed by atoms with E-state index in [1.165, 1.54) is 0 Å². The van der Waals surface area contributed by atoms with Crippen LogP contribution in [0.3, 0.4) is 0 Å². The molecule has 1 saturated heterocycles. The van der Waals surface area contributed by atoms with Gasteiger partial charge in [-0.2, -0.15) is 0 Å². The lowest BCUT2D eigenvalue weighted by molar-refractivity contribution is 0.0956. The quantitative estimate of drug-likeness (QED) is 0.827. The van der Waals surface area contributed by atoms with Gasteiger partial charge >= 0.3 is 0 Å². The summed E-state index contributed by atoms with van der Waals surface area (Å²) in [6, 6.07) is 3.59. The van der Waals surface area contributed by atoms with Gasteiger partial charge in [-0.05, 0) is 31.9 Å². The molecular weight excluding hydrogens is 232 g/mol. The van der Waals surface area contributed by atoms with Crippen molar-refractivity contribution < 1.29 is 9.53 Å². The van der Waals surface area contributed by atoms with Crippen molar-refractivity contribution in [1.29, 1.82) is 0 Å². The predicted octanol–water partition coefficient (Wildman–Crippen LogP) is 0.816. The van der Waals surface area contributed by atoms with Crippen LogP contribution in [0.25, 0.3) is 0 Å². The number of anilines is 1. The molecule has 1 amide bonds. The summed E-state index contributed by atoms with van der Waals surface area (Å²) in [4.78, 5) is 11.3. The molecule has 2 heterocycles. The number of nitrogens with zero attached hydrogens (tertiary/aromatic N) is 2. The minimum atomic E-state index is -0.235. The summed E-state index contributed by atoms with van der Waals surface area (Å²) in [5.41, 5.74) is 0.313. The molecule has 2 atom stereocenters. The maximum atomic E-state index is 11.3. The van der Waals surface area contributed by atoms with Crippen LogP contribution in [0.1, 0.15) is 30.3 Å². The summed E-state index contributed by atoms with van der Waals surface area (Å²) in [6.07, 6.45) is 2.40. The van der Waals surface area contributed by atoms with Gasteiger partial charge < -0.3 is 15.4 Å². The van der Waals surface area contributed by atoms with Crippen molar-refractivity contribution in [2.75, 3.05) is 19.0 Å². The van der Waals surface area contributed by atoms with Crippen LogP contribution in [-0.2, 0) is 4.74 Å². The topological polar surface area (TPSA) is 76.1 Å². The van der Waals surface area contributed by atoms with Gasteiger partial charge in [0.15, 0.2) is 5.69 Å². The molecule has 6 nitrogen and oxygen atoms in total. The summed E-state index contributed by atoms with van der Waals surface area (Å²) < 4.78 is 5.59. The van der Waals surface area contributed by atoms with Gasteiger partial charge in [-0.25, -0.2) is 0 Å². The second-order valence-corrected chi connectivity index (χ2v) is 4.37. The lowest BCUT2D eigenvalue weighted by atomic mass is 10.1. The molecule has 2 unspecified atom stereocenters. The summed E-state index contributed by atoms with van der Waals surface area (Å²) in [6.45, 7) is 2.89. The number of hydrogen-bond acceptors (Lipinski definition) is 5. The van der Waals surface area contributed by atoms with Crippen LogP contribution in [0.15, 0.2) is 12.1 Å². The molecule has 0 aromatic carbocycles. The minimum absolute atomic E-state index is 0.188. The third kappa shape index (κ3) is 2.95. The van der Waals surface area contributed by atoms with Gasteiger partial charge in [0.2, 0.25) is 0 Å². The molecule has 0 spiro atoms. The standard InChI is InChI=1S/C12H18N4O2/c1-8(10-4-3-7-18-10)14-11-6-5-9(15-16-11)12(17)13-2/h5-6,8,10H,3-4,7H2,1-2H3,(H,13,17)(H,14,16). The highest BCUT2D eigenvalue weighted by Gasteiger charge is 2.22. The van der Waals surface area contributed by atoms with Crippen LogP contribution in [-0.4, -0.2) is 41.9 Å². The normalized spacial score (nSPS) is 20.4. The molecule has 0 radical (unpaired) electrons. The number of carbonyl (C=O) groups excluding carboxylic acids is 1. The molecule has 1 aromatic rings. The molecule has 1 fully saturated rings. The smallest absolute Gasteiger partial charge is 0.271 e. The molecule has 1 aromatic heterocycles. The fourth-order valence-corrected chi connectivity index (χ4v) is 1.98. The largest absolute Gasteiger partial charge is 0.376 e. The van der Waals surface area contributed by atoms with Crippen LogP contribution in [0.5, 0.6) is 0 Å². The van der Waals surface area contributed by atoms with Gasteiger partial charge in [-0.15, -0.1) is 10.2 Å². The first-order valence-electron chi connectivity index (χ1n) is 6.14. The zero-order valence-electron chi connectivity index (χ0n) is 10.6. The summed E-state index contributed by atoms with van der Waals surface area (Å²) >= 11 is 0. The van der Waals surface area contributed by atoms with E-state index in [-0.39, 0.29) is 18.1 Å². The van der Waals surface area contributed by atoms with E-state index in [0.717, 1.165) is 19.4 Å². The molecule has 2 N–H and O–H groups in total. The van der Waals surface area contributed by atoms with Crippen molar-refractivity contribution in [3.05, 3.63) is 17.8 Å². The van der Waals surface area contributed by atoms with Crippen molar-refractivity contribution in [2.24, 2.45) is 0 Å². The fraction of sp³-hybridized carbons (Fsp3) is 0.583. The van der Waals surface area contributed by atoms with E-state index in [1.54, 1.807) is 19.2 Å². The lowest BCUT2D eigenvalue weighted by Crippen LogP contribution is -2.30. The Morgan fingerprint density at radius 3 is 2.89 bits per heavy atom. The summed E-state index contributed by atoms with van der Waals surface area (Å²) in [7, 11) is 1.57. The molecule has 1 aliphatic rings. The number of carbonyl (C=O) groups is 1. The van der Waals surface area contributed by atoms with Crippen molar-refractivity contribution in [2.45, 2.75) is 31.9 Å². The third-order valence-electron chi connectivity index (χ3n) is 3.02. The Balaban J connectivity index is 1.95. The highest BCUT2D eigenvalue weighted by molar-refractivity contribution is 5.91. The Hall–Kier alpha value is -1.69. The van der Waals surface area contributed by atoms with E-state index in [1.807, 2.05) is 0 Å². The molecule has 2 rings (SSSR count). The van der Waals surface area contributed by atoms with Gasteiger partial charge in [-0.3, -0.25) is 4.79 Å². The van der Waals surface area contributed by atoms with Crippen LogP contribution >= 0.6 is 0 Å². The SMILES string of the molecule is CNC(=O)c1ccc(NC(C)C2CCCO2)nn1. The van der Waals surface area contributed by atoms with Crippen LogP contribution in [0, 0.1) is 0 Å². The van der Waals surface area contributed by atoms with Crippen molar-refractivity contribution in [1.82, 2.24) is 15.5 Å². The van der Waals surface area contributed by atoms with Crippen molar-refractivity contribution in [3.63, 3.8) is 0 Å². The number of amides is 1. The highest BCUT2D eigenvalue weighted by atomic mass is 16.5. The van der Waals surface area contributed by atoms with E-state index in [9.17, 15) is 4.79 Å². The molecule has 6 heteroatoms. The molecule has 1 aliphatic heterocycles. The zero-order chi connectivity index (χ0) is 13.0. The predicted molar refractivity (Wildman–Crippen MR) is 67.5 cm³/mol. The molecular formula is C12H18N4O2. The average Bonchev–Trinajstić information content (AvgIpc) is 2.92. The number of hydrogen-bond donors (Lipinski definition) is 2. The van der Waals surface area contributed by atoms with Crippen LogP contribution < -0.4 is 10.6 Å². The minimum Gasteiger partial charge on any atom is -0.376 e.